The minimum atomic E-state index is -1.32. The fourth-order valence-corrected chi connectivity index (χ4v) is 2.85. The molecule has 0 saturated heterocycles. The summed E-state index contributed by atoms with van der Waals surface area (Å²) in [5, 5.41) is 0. The van der Waals surface area contributed by atoms with Gasteiger partial charge in [-0.2, -0.15) is 0 Å². The van der Waals surface area contributed by atoms with E-state index in [1.807, 2.05) is 0 Å². The van der Waals surface area contributed by atoms with Crippen molar-refractivity contribution in [2.75, 3.05) is 26.8 Å². The SMILES string of the molecule is C1CC1.CN1C(=O)CC(COCCN)(c2cc(Oc3cnccn3)ccc2F)N=C1N. The molecule has 10 heteroatoms. The second-order valence-electron chi connectivity index (χ2n) is 7.32. The lowest BCUT2D eigenvalue weighted by Gasteiger charge is -2.36. The van der Waals surface area contributed by atoms with Crippen molar-refractivity contribution in [3.8, 4) is 11.6 Å². The number of ether oxygens (including phenoxy) is 2. The predicted octanol–water partition coefficient (Wildman–Crippen LogP) is 1.93. The van der Waals surface area contributed by atoms with Gasteiger partial charge in [-0.1, -0.05) is 19.3 Å². The number of guanidine groups is 1. The maximum absolute atomic E-state index is 14.8. The lowest BCUT2D eigenvalue weighted by atomic mass is 9.85. The van der Waals surface area contributed by atoms with Crippen molar-refractivity contribution in [3.63, 3.8) is 0 Å². The number of carbonyl (C=O) groups is 1. The number of rotatable bonds is 7. The van der Waals surface area contributed by atoms with Gasteiger partial charge in [0.2, 0.25) is 11.8 Å². The first-order chi connectivity index (χ1) is 14.9. The summed E-state index contributed by atoms with van der Waals surface area (Å²) in [5.41, 5.74) is 10.2. The Balaban J connectivity index is 0.000000834. The summed E-state index contributed by atoms with van der Waals surface area (Å²) in [5.74, 6) is -0.321. The summed E-state index contributed by atoms with van der Waals surface area (Å²) >= 11 is 0. The lowest BCUT2D eigenvalue weighted by molar-refractivity contribution is -0.129. The molecule has 1 aliphatic heterocycles. The molecule has 1 aromatic heterocycles. The molecule has 9 nitrogen and oxygen atoms in total. The van der Waals surface area contributed by atoms with Crippen molar-refractivity contribution in [3.05, 3.63) is 48.2 Å². The van der Waals surface area contributed by atoms with Gasteiger partial charge in [0, 0.05) is 31.5 Å². The van der Waals surface area contributed by atoms with Crippen LogP contribution in [0.3, 0.4) is 0 Å². The molecule has 1 amide bonds. The smallest absolute Gasteiger partial charge is 0.237 e. The predicted molar refractivity (Wildman–Crippen MR) is 113 cm³/mol. The van der Waals surface area contributed by atoms with E-state index in [2.05, 4.69) is 15.0 Å². The highest BCUT2D eigenvalue weighted by molar-refractivity contribution is 5.98. The van der Waals surface area contributed by atoms with Crippen LogP contribution >= 0.6 is 0 Å². The molecule has 166 valence electrons. The van der Waals surface area contributed by atoms with E-state index in [-0.39, 0.29) is 49.5 Å². The van der Waals surface area contributed by atoms with Crippen molar-refractivity contribution in [1.29, 1.82) is 0 Å². The lowest BCUT2D eigenvalue weighted by Crippen LogP contribution is -2.50. The van der Waals surface area contributed by atoms with Crippen LogP contribution < -0.4 is 16.2 Å². The van der Waals surface area contributed by atoms with Gasteiger partial charge in [-0.3, -0.25) is 14.7 Å². The van der Waals surface area contributed by atoms with E-state index in [1.54, 1.807) is 0 Å². The van der Waals surface area contributed by atoms with E-state index in [9.17, 15) is 9.18 Å². The van der Waals surface area contributed by atoms with Crippen molar-refractivity contribution in [1.82, 2.24) is 14.9 Å². The van der Waals surface area contributed by atoms with Crippen LogP contribution in [0.5, 0.6) is 11.6 Å². The zero-order valence-electron chi connectivity index (χ0n) is 17.5. The van der Waals surface area contributed by atoms with Crippen LogP contribution in [-0.4, -0.2) is 53.5 Å². The maximum atomic E-state index is 14.8. The third-order valence-electron chi connectivity index (χ3n) is 4.65. The molecular weight excluding hydrogens is 403 g/mol. The largest absolute Gasteiger partial charge is 0.437 e. The Morgan fingerprint density at radius 1 is 1.26 bits per heavy atom. The molecule has 2 aromatic rings. The fourth-order valence-electron chi connectivity index (χ4n) is 2.85. The molecule has 4 rings (SSSR count). The fraction of sp³-hybridized carbons (Fsp3) is 0.429. The van der Waals surface area contributed by atoms with E-state index in [1.165, 1.54) is 68.0 Å². The first kappa shape index (κ1) is 22.6. The molecule has 1 unspecified atom stereocenters. The van der Waals surface area contributed by atoms with Gasteiger partial charge in [-0.25, -0.2) is 14.4 Å². The number of nitrogens with two attached hydrogens (primary N) is 2. The average Bonchev–Trinajstić information content (AvgIpc) is 3.64. The second-order valence-corrected chi connectivity index (χ2v) is 7.32. The molecule has 1 saturated carbocycles. The Morgan fingerprint density at radius 3 is 2.65 bits per heavy atom. The summed E-state index contributed by atoms with van der Waals surface area (Å²) in [6.07, 6.45) is 8.80. The Bertz CT molecular complexity index is 922. The highest BCUT2D eigenvalue weighted by atomic mass is 19.1. The summed E-state index contributed by atoms with van der Waals surface area (Å²) in [4.78, 5) is 26.0. The summed E-state index contributed by atoms with van der Waals surface area (Å²) < 4.78 is 26.0. The van der Waals surface area contributed by atoms with Gasteiger partial charge in [-0.15, -0.1) is 0 Å². The van der Waals surface area contributed by atoms with Crippen LogP contribution in [0.2, 0.25) is 0 Å². The zero-order valence-corrected chi connectivity index (χ0v) is 17.5. The average molecular weight is 430 g/mol. The summed E-state index contributed by atoms with van der Waals surface area (Å²) in [6.45, 7) is 0.454. The highest BCUT2D eigenvalue weighted by Gasteiger charge is 2.42. The van der Waals surface area contributed by atoms with Gasteiger partial charge in [0.05, 0.1) is 25.8 Å². The number of benzene rings is 1. The number of aromatic nitrogens is 2. The van der Waals surface area contributed by atoms with Gasteiger partial charge < -0.3 is 20.9 Å². The number of nitrogens with zero attached hydrogens (tertiary/aromatic N) is 4. The van der Waals surface area contributed by atoms with Crippen molar-refractivity contribution < 1.29 is 18.7 Å². The van der Waals surface area contributed by atoms with Gasteiger partial charge in [0.15, 0.2) is 5.96 Å². The third-order valence-corrected chi connectivity index (χ3v) is 4.65. The van der Waals surface area contributed by atoms with E-state index in [4.69, 9.17) is 20.9 Å². The number of carbonyl (C=O) groups excluding carboxylic acids is 1. The van der Waals surface area contributed by atoms with Crippen LogP contribution in [0.4, 0.5) is 4.39 Å². The number of hydrogen-bond donors (Lipinski definition) is 2. The molecule has 1 atom stereocenters. The molecule has 1 aromatic carbocycles. The van der Waals surface area contributed by atoms with Gasteiger partial charge in [0.25, 0.3) is 0 Å². The van der Waals surface area contributed by atoms with E-state index in [0.717, 1.165) is 0 Å². The normalized spacial score (nSPS) is 19.9. The summed E-state index contributed by atoms with van der Waals surface area (Å²) in [7, 11) is 1.51. The topological polar surface area (TPSA) is 129 Å². The first-order valence-corrected chi connectivity index (χ1v) is 10.1. The first-order valence-electron chi connectivity index (χ1n) is 10.1. The molecule has 0 bridgehead atoms. The van der Waals surface area contributed by atoms with Gasteiger partial charge in [-0.05, 0) is 18.2 Å². The van der Waals surface area contributed by atoms with E-state index < -0.39 is 11.4 Å². The van der Waals surface area contributed by atoms with Crippen molar-refractivity contribution in [2.45, 2.75) is 31.2 Å². The molecule has 4 N–H and O–H groups in total. The number of aliphatic imine (C=N–C) groups is 1. The van der Waals surface area contributed by atoms with E-state index >= 15 is 0 Å². The Hall–Kier alpha value is -3.11. The monoisotopic (exact) mass is 430 g/mol. The minimum Gasteiger partial charge on any atom is -0.437 e. The van der Waals surface area contributed by atoms with Crippen LogP contribution in [0.25, 0.3) is 0 Å². The Labute approximate surface area is 180 Å². The zero-order chi connectivity index (χ0) is 22.3. The quantitative estimate of drug-likeness (QED) is 0.642. The van der Waals surface area contributed by atoms with Gasteiger partial charge in [0.1, 0.15) is 17.1 Å². The third kappa shape index (κ3) is 5.96. The van der Waals surface area contributed by atoms with Crippen LogP contribution in [0.15, 0.2) is 41.8 Å². The molecule has 1 fully saturated rings. The standard InChI is InChI=1S/C18H21FN6O3.C3H6/c1-25-16(26)9-18(24-17(25)21,11-27-7-4-20)13-8-12(2-3-14(13)19)28-15-10-22-5-6-23-15;1-2-3-1/h2-3,5-6,8,10H,4,7,9,11,20H2,1H3,(H2,21,24);1-3H2. The Kier molecular flexibility index (Phi) is 7.48. The number of amides is 1. The van der Waals surface area contributed by atoms with Gasteiger partial charge >= 0.3 is 0 Å². The molecular formula is C21H27FN6O3. The van der Waals surface area contributed by atoms with E-state index in [0.29, 0.717) is 5.75 Å². The molecule has 2 heterocycles. The van der Waals surface area contributed by atoms with Crippen LogP contribution in [-0.2, 0) is 15.1 Å². The van der Waals surface area contributed by atoms with Crippen LogP contribution in [0, 0.1) is 5.82 Å². The van der Waals surface area contributed by atoms with Crippen LogP contribution in [0.1, 0.15) is 31.2 Å². The minimum absolute atomic E-state index is 0.0211. The molecule has 2 aliphatic rings. The number of halogens is 1. The summed E-state index contributed by atoms with van der Waals surface area (Å²) in [6, 6.07) is 4.15. The van der Waals surface area contributed by atoms with Crippen molar-refractivity contribution in [2.24, 2.45) is 16.5 Å². The second kappa shape index (κ2) is 10.3. The molecule has 1 aliphatic carbocycles. The number of hydrogen-bond acceptors (Lipinski definition) is 8. The Morgan fingerprint density at radius 2 is 2.03 bits per heavy atom. The highest BCUT2D eigenvalue weighted by Crippen LogP contribution is 2.37. The van der Waals surface area contributed by atoms with Crippen molar-refractivity contribution >= 4 is 11.9 Å². The molecule has 0 spiro atoms. The molecule has 0 radical (unpaired) electrons. The maximum Gasteiger partial charge on any atom is 0.237 e. The molecule has 31 heavy (non-hydrogen) atoms.